The molecule has 1 aliphatic carbocycles. The second-order valence-electron chi connectivity index (χ2n) is 6.61. The first kappa shape index (κ1) is 15.3. The second-order valence-corrected chi connectivity index (χ2v) is 6.61. The molecule has 5 heteroatoms. The summed E-state index contributed by atoms with van der Waals surface area (Å²) >= 11 is 0. The minimum atomic E-state index is -0.259. The summed E-state index contributed by atoms with van der Waals surface area (Å²) in [5.41, 5.74) is -0.259. The molecule has 0 radical (unpaired) electrons. The summed E-state index contributed by atoms with van der Waals surface area (Å²) in [6, 6.07) is 0.111. The van der Waals surface area contributed by atoms with Gasteiger partial charge in [-0.25, -0.2) is 0 Å². The number of amides is 2. The molecule has 2 aliphatic rings. The summed E-state index contributed by atoms with van der Waals surface area (Å²) in [6.45, 7) is 5.73. The van der Waals surface area contributed by atoms with Crippen LogP contribution in [0.2, 0.25) is 0 Å². The Hall–Kier alpha value is -1.10. The van der Waals surface area contributed by atoms with E-state index in [9.17, 15) is 9.59 Å². The monoisotopic (exact) mass is 281 g/mol. The molecule has 0 aromatic carbocycles. The van der Waals surface area contributed by atoms with E-state index in [-0.39, 0.29) is 29.8 Å². The Kier molecular flexibility index (Phi) is 4.68. The molecule has 1 heterocycles. The number of likely N-dealkylation sites (N-methyl/N-ethyl adjacent to an activating group) is 1. The maximum atomic E-state index is 12.8. The van der Waals surface area contributed by atoms with Crippen molar-refractivity contribution in [2.24, 2.45) is 11.3 Å². The van der Waals surface area contributed by atoms with Crippen LogP contribution in [0, 0.1) is 11.3 Å². The van der Waals surface area contributed by atoms with Gasteiger partial charge in [0.2, 0.25) is 11.8 Å². The quantitative estimate of drug-likeness (QED) is 0.799. The number of nitrogens with zero attached hydrogens (tertiary/aromatic N) is 1. The number of nitrogens with one attached hydrogen (secondary N) is 2. The molecule has 2 rings (SSSR count). The highest BCUT2D eigenvalue weighted by atomic mass is 16.2. The van der Waals surface area contributed by atoms with Crippen molar-refractivity contribution in [3.8, 4) is 0 Å². The Bertz CT molecular complexity index is 383. The molecule has 114 valence electrons. The van der Waals surface area contributed by atoms with Gasteiger partial charge >= 0.3 is 0 Å². The number of carbonyl (C=O) groups excluding carboxylic acids is 2. The van der Waals surface area contributed by atoms with Gasteiger partial charge in [0, 0.05) is 19.6 Å². The number of hydrogen-bond donors (Lipinski definition) is 2. The Labute approximate surface area is 121 Å². The first-order valence-corrected chi connectivity index (χ1v) is 7.71. The smallest absolute Gasteiger partial charge is 0.239 e. The SMILES string of the molecule is CC(C)NC(=O)CN(C)C(=O)[C@@]12CCCC[C@H]1CNC2. The van der Waals surface area contributed by atoms with E-state index in [2.05, 4.69) is 10.6 Å². The van der Waals surface area contributed by atoms with E-state index in [4.69, 9.17) is 0 Å². The Morgan fingerprint density at radius 2 is 2.15 bits per heavy atom. The lowest BCUT2D eigenvalue weighted by molar-refractivity contribution is -0.146. The van der Waals surface area contributed by atoms with Gasteiger partial charge in [0.15, 0.2) is 0 Å². The molecule has 1 saturated carbocycles. The maximum Gasteiger partial charge on any atom is 0.239 e. The van der Waals surface area contributed by atoms with E-state index in [1.54, 1.807) is 11.9 Å². The minimum Gasteiger partial charge on any atom is -0.352 e. The predicted octanol–water partition coefficient (Wildman–Crippen LogP) is 0.749. The highest BCUT2D eigenvalue weighted by Crippen LogP contribution is 2.44. The largest absolute Gasteiger partial charge is 0.352 e. The van der Waals surface area contributed by atoms with Crippen LogP contribution < -0.4 is 10.6 Å². The van der Waals surface area contributed by atoms with E-state index in [0.29, 0.717) is 5.92 Å². The van der Waals surface area contributed by atoms with Gasteiger partial charge in [0.1, 0.15) is 0 Å². The zero-order chi connectivity index (χ0) is 14.8. The van der Waals surface area contributed by atoms with Crippen molar-refractivity contribution in [1.82, 2.24) is 15.5 Å². The van der Waals surface area contributed by atoms with Crippen LogP contribution in [0.5, 0.6) is 0 Å². The van der Waals surface area contributed by atoms with Crippen LogP contribution in [0.3, 0.4) is 0 Å². The lowest BCUT2D eigenvalue weighted by Crippen LogP contribution is -2.51. The molecule has 5 nitrogen and oxygen atoms in total. The Morgan fingerprint density at radius 3 is 2.85 bits per heavy atom. The van der Waals surface area contributed by atoms with E-state index in [1.165, 1.54) is 6.42 Å². The molecule has 0 unspecified atom stereocenters. The summed E-state index contributed by atoms with van der Waals surface area (Å²) < 4.78 is 0. The lowest BCUT2D eigenvalue weighted by Gasteiger charge is -2.39. The Morgan fingerprint density at radius 1 is 1.40 bits per heavy atom. The summed E-state index contributed by atoms with van der Waals surface area (Å²) in [7, 11) is 1.75. The highest BCUT2D eigenvalue weighted by molar-refractivity contribution is 5.88. The molecule has 20 heavy (non-hydrogen) atoms. The lowest BCUT2D eigenvalue weighted by atomic mass is 9.67. The van der Waals surface area contributed by atoms with Crippen molar-refractivity contribution in [3.05, 3.63) is 0 Å². The van der Waals surface area contributed by atoms with Crippen LogP contribution in [0.1, 0.15) is 39.5 Å². The van der Waals surface area contributed by atoms with E-state index in [0.717, 1.165) is 32.4 Å². The average molecular weight is 281 g/mol. The molecule has 2 N–H and O–H groups in total. The van der Waals surface area contributed by atoms with Crippen LogP contribution in [0.15, 0.2) is 0 Å². The number of carbonyl (C=O) groups is 2. The number of rotatable bonds is 4. The van der Waals surface area contributed by atoms with Crippen molar-refractivity contribution in [1.29, 1.82) is 0 Å². The number of hydrogen-bond acceptors (Lipinski definition) is 3. The van der Waals surface area contributed by atoms with Crippen molar-refractivity contribution in [2.75, 3.05) is 26.7 Å². The summed E-state index contributed by atoms with van der Waals surface area (Å²) in [5.74, 6) is 0.510. The molecule has 0 aromatic heterocycles. The topological polar surface area (TPSA) is 61.4 Å². The fourth-order valence-corrected chi connectivity index (χ4v) is 3.70. The summed E-state index contributed by atoms with van der Waals surface area (Å²) in [6.07, 6.45) is 4.43. The van der Waals surface area contributed by atoms with Gasteiger partial charge in [-0.3, -0.25) is 9.59 Å². The fraction of sp³-hybridized carbons (Fsp3) is 0.867. The molecular weight excluding hydrogens is 254 g/mol. The summed E-state index contributed by atoms with van der Waals surface area (Å²) in [4.78, 5) is 26.3. The molecule has 0 spiro atoms. The van der Waals surface area contributed by atoms with Gasteiger partial charge in [0.25, 0.3) is 0 Å². The van der Waals surface area contributed by atoms with Crippen LogP contribution >= 0.6 is 0 Å². The average Bonchev–Trinajstić information content (AvgIpc) is 2.81. The molecule has 2 fully saturated rings. The van der Waals surface area contributed by atoms with E-state index in [1.807, 2.05) is 13.8 Å². The van der Waals surface area contributed by atoms with E-state index >= 15 is 0 Å². The maximum absolute atomic E-state index is 12.8. The molecule has 2 atom stereocenters. The van der Waals surface area contributed by atoms with Gasteiger partial charge in [-0.2, -0.15) is 0 Å². The van der Waals surface area contributed by atoms with Crippen LogP contribution in [0.4, 0.5) is 0 Å². The van der Waals surface area contributed by atoms with Crippen molar-refractivity contribution < 1.29 is 9.59 Å². The Balaban J connectivity index is 2.00. The van der Waals surface area contributed by atoms with Gasteiger partial charge in [-0.05, 0) is 39.2 Å². The fourth-order valence-electron chi connectivity index (χ4n) is 3.70. The van der Waals surface area contributed by atoms with E-state index < -0.39 is 0 Å². The normalized spacial score (nSPS) is 29.1. The molecule has 0 bridgehead atoms. The van der Waals surface area contributed by atoms with Crippen molar-refractivity contribution >= 4 is 11.8 Å². The second kappa shape index (κ2) is 6.12. The molecule has 0 aromatic rings. The zero-order valence-corrected chi connectivity index (χ0v) is 12.9. The van der Waals surface area contributed by atoms with Crippen LogP contribution in [0.25, 0.3) is 0 Å². The third-order valence-electron chi connectivity index (χ3n) is 4.64. The van der Waals surface area contributed by atoms with Gasteiger partial charge in [-0.15, -0.1) is 0 Å². The predicted molar refractivity (Wildman–Crippen MR) is 78.2 cm³/mol. The van der Waals surface area contributed by atoms with Gasteiger partial charge < -0.3 is 15.5 Å². The van der Waals surface area contributed by atoms with Gasteiger partial charge in [0.05, 0.1) is 12.0 Å². The van der Waals surface area contributed by atoms with Crippen molar-refractivity contribution in [2.45, 2.75) is 45.6 Å². The highest BCUT2D eigenvalue weighted by Gasteiger charge is 2.50. The van der Waals surface area contributed by atoms with Gasteiger partial charge in [-0.1, -0.05) is 12.8 Å². The molecule has 1 saturated heterocycles. The third kappa shape index (κ3) is 2.97. The molecule has 1 aliphatic heterocycles. The standard InChI is InChI=1S/C15H27N3O2/c1-11(2)17-13(19)9-18(3)14(20)15-7-5-4-6-12(15)8-16-10-15/h11-12,16H,4-10H2,1-3H3,(H,17,19)/t12-,15+/m0/s1. The molecular formula is C15H27N3O2. The molecule has 2 amide bonds. The first-order valence-electron chi connectivity index (χ1n) is 7.71. The first-order chi connectivity index (χ1) is 9.45. The number of fused-ring (bicyclic) bond motifs is 1. The van der Waals surface area contributed by atoms with Crippen LogP contribution in [-0.2, 0) is 9.59 Å². The third-order valence-corrected chi connectivity index (χ3v) is 4.64. The van der Waals surface area contributed by atoms with Crippen molar-refractivity contribution in [3.63, 3.8) is 0 Å². The summed E-state index contributed by atoms with van der Waals surface area (Å²) in [5, 5.41) is 6.22. The van der Waals surface area contributed by atoms with Crippen LogP contribution in [-0.4, -0.2) is 49.4 Å². The minimum absolute atomic E-state index is 0.0782. The zero-order valence-electron chi connectivity index (χ0n) is 12.9.